The summed E-state index contributed by atoms with van der Waals surface area (Å²) < 4.78 is 0. The van der Waals surface area contributed by atoms with Gasteiger partial charge in [-0.05, 0) is 31.9 Å². The molecule has 0 aliphatic carbocycles. The van der Waals surface area contributed by atoms with Crippen LogP contribution in [0.15, 0.2) is 30.3 Å². The van der Waals surface area contributed by atoms with Gasteiger partial charge in [0.05, 0.1) is 0 Å². The molecule has 22 heavy (non-hydrogen) atoms. The summed E-state index contributed by atoms with van der Waals surface area (Å²) in [6, 6.07) is 10.7. The van der Waals surface area contributed by atoms with Gasteiger partial charge in [-0.1, -0.05) is 37.4 Å². The summed E-state index contributed by atoms with van der Waals surface area (Å²) in [6.07, 6.45) is 6.12. The van der Waals surface area contributed by atoms with Crippen molar-refractivity contribution in [1.29, 1.82) is 0 Å². The Bertz CT molecular complexity index is 414. The number of benzene rings is 1. The number of anilines is 1. The molecule has 0 radical (unpaired) electrons. The number of rotatable bonds is 8. The second-order valence-corrected chi connectivity index (χ2v) is 7.03. The maximum absolute atomic E-state index is 6.46. The molecule has 1 aliphatic heterocycles. The van der Waals surface area contributed by atoms with Crippen molar-refractivity contribution >= 4 is 13.5 Å². The quantitative estimate of drug-likeness (QED) is 0.590. The molecular weight excluding hydrogens is 269 g/mol. The van der Waals surface area contributed by atoms with E-state index in [4.69, 9.17) is 5.73 Å². The molecule has 1 atom stereocenters. The van der Waals surface area contributed by atoms with Gasteiger partial charge in [-0.15, -0.1) is 0 Å². The maximum atomic E-state index is 6.46. The van der Waals surface area contributed by atoms with Crippen molar-refractivity contribution in [2.75, 3.05) is 37.6 Å². The lowest BCUT2D eigenvalue weighted by Crippen LogP contribution is -2.48. The zero-order chi connectivity index (χ0) is 15.8. The summed E-state index contributed by atoms with van der Waals surface area (Å²) in [6.45, 7) is 7.92. The van der Waals surface area contributed by atoms with E-state index in [1.54, 1.807) is 0 Å². The molecule has 1 saturated heterocycles. The predicted octanol–water partition coefficient (Wildman–Crippen LogP) is 2.14. The molecule has 1 aromatic rings. The summed E-state index contributed by atoms with van der Waals surface area (Å²) >= 11 is 0. The molecule has 0 bridgehead atoms. The Balaban J connectivity index is 1.69. The molecule has 1 heterocycles. The summed E-state index contributed by atoms with van der Waals surface area (Å²) in [4.78, 5) is 5.06. The number of nitrogens with zero attached hydrogens (tertiary/aromatic N) is 2. The normalized spacial score (nSPS) is 19.1. The monoisotopic (exact) mass is 301 g/mol. The second kappa shape index (κ2) is 8.59. The SMILES string of the molecule is BCCCCC(C)(N)CCN1CCN(c2ccccc2)CC1. The average Bonchev–Trinajstić information content (AvgIpc) is 2.55. The lowest BCUT2D eigenvalue weighted by atomic mass is 9.89. The van der Waals surface area contributed by atoms with Crippen LogP contribution in [0.3, 0.4) is 0 Å². The highest BCUT2D eigenvalue weighted by Gasteiger charge is 2.22. The zero-order valence-electron chi connectivity index (χ0n) is 14.4. The first-order valence-corrected chi connectivity index (χ1v) is 8.92. The van der Waals surface area contributed by atoms with E-state index in [1.165, 1.54) is 24.8 Å². The van der Waals surface area contributed by atoms with E-state index in [9.17, 15) is 0 Å². The fraction of sp³-hybridized carbons (Fsp3) is 0.667. The van der Waals surface area contributed by atoms with Crippen molar-refractivity contribution in [2.24, 2.45) is 5.73 Å². The molecule has 0 spiro atoms. The van der Waals surface area contributed by atoms with Crippen molar-refractivity contribution in [1.82, 2.24) is 4.90 Å². The number of piperazine rings is 1. The van der Waals surface area contributed by atoms with Gasteiger partial charge >= 0.3 is 0 Å². The van der Waals surface area contributed by atoms with Crippen LogP contribution >= 0.6 is 0 Å². The molecule has 1 aliphatic rings. The van der Waals surface area contributed by atoms with E-state index < -0.39 is 0 Å². The Hall–Kier alpha value is -0.995. The number of para-hydroxylation sites is 1. The molecule has 1 fully saturated rings. The Morgan fingerprint density at radius 3 is 2.36 bits per heavy atom. The van der Waals surface area contributed by atoms with Crippen molar-refractivity contribution < 1.29 is 0 Å². The van der Waals surface area contributed by atoms with E-state index in [0.29, 0.717) is 0 Å². The van der Waals surface area contributed by atoms with Crippen LogP contribution in [0.25, 0.3) is 0 Å². The van der Waals surface area contributed by atoms with E-state index >= 15 is 0 Å². The molecule has 1 aromatic carbocycles. The molecule has 122 valence electrons. The van der Waals surface area contributed by atoms with E-state index in [0.717, 1.165) is 45.6 Å². The van der Waals surface area contributed by atoms with Gasteiger partial charge in [0.1, 0.15) is 7.85 Å². The Labute approximate surface area is 137 Å². The minimum atomic E-state index is 0.00569. The first-order valence-electron chi connectivity index (χ1n) is 8.92. The van der Waals surface area contributed by atoms with Gasteiger partial charge in [0.25, 0.3) is 0 Å². The van der Waals surface area contributed by atoms with Crippen molar-refractivity contribution in [3.8, 4) is 0 Å². The molecule has 2 rings (SSSR count). The fourth-order valence-electron chi connectivity index (χ4n) is 3.19. The number of unbranched alkanes of at least 4 members (excludes halogenated alkanes) is 1. The number of hydrogen-bond acceptors (Lipinski definition) is 3. The number of hydrogen-bond donors (Lipinski definition) is 1. The fourth-order valence-corrected chi connectivity index (χ4v) is 3.19. The first kappa shape index (κ1) is 17.4. The summed E-state index contributed by atoms with van der Waals surface area (Å²) in [5.74, 6) is 0. The molecule has 0 amide bonds. The largest absolute Gasteiger partial charge is 0.369 e. The molecular formula is C18H32BN3. The molecule has 1 unspecified atom stereocenters. The highest BCUT2D eigenvalue weighted by Crippen LogP contribution is 2.19. The van der Waals surface area contributed by atoms with Gasteiger partial charge in [0.15, 0.2) is 0 Å². The third-order valence-corrected chi connectivity index (χ3v) is 4.84. The van der Waals surface area contributed by atoms with Crippen LogP contribution < -0.4 is 10.6 Å². The smallest absolute Gasteiger partial charge is 0.101 e. The molecule has 3 nitrogen and oxygen atoms in total. The minimum Gasteiger partial charge on any atom is -0.369 e. The molecule has 2 N–H and O–H groups in total. The minimum absolute atomic E-state index is 0.00569. The molecule has 0 saturated carbocycles. The topological polar surface area (TPSA) is 32.5 Å². The summed E-state index contributed by atoms with van der Waals surface area (Å²) in [7, 11) is 2.25. The van der Waals surface area contributed by atoms with Gasteiger partial charge in [-0.2, -0.15) is 0 Å². The molecule has 0 aromatic heterocycles. The molecule has 4 heteroatoms. The zero-order valence-corrected chi connectivity index (χ0v) is 14.4. The van der Waals surface area contributed by atoms with Gasteiger partial charge < -0.3 is 10.6 Å². The van der Waals surface area contributed by atoms with Gasteiger partial charge in [-0.25, -0.2) is 0 Å². The Morgan fingerprint density at radius 2 is 1.73 bits per heavy atom. The summed E-state index contributed by atoms with van der Waals surface area (Å²) in [5.41, 5.74) is 7.81. The van der Waals surface area contributed by atoms with Crippen LogP contribution in [0.5, 0.6) is 0 Å². The second-order valence-electron chi connectivity index (χ2n) is 7.03. The van der Waals surface area contributed by atoms with Crippen molar-refractivity contribution in [3.63, 3.8) is 0 Å². The van der Waals surface area contributed by atoms with Gasteiger partial charge in [0.2, 0.25) is 0 Å². The third-order valence-electron chi connectivity index (χ3n) is 4.84. The van der Waals surface area contributed by atoms with E-state index in [-0.39, 0.29) is 5.54 Å². The Morgan fingerprint density at radius 1 is 1.05 bits per heavy atom. The van der Waals surface area contributed by atoms with Gasteiger partial charge in [0, 0.05) is 44.0 Å². The summed E-state index contributed by atoms with van der Waals surface area (Å²) in [5, 5.41) is 0. The van der Waals surface area contributed by atoms with Crippen molar-refractivity contribution in [3.05, 3.63) is 30.3 Å². The van der Waals surface area contributed by atoms with Crippen LogP contribution in [-0.2, 0) is 0 Å². The Kier molecular flexibility index (Phi) is 6.78. The lowest BCUT2D eigenvalue weighted by Gasteiger charge is -2.37. The van der Waals surface area contributed by atoms with Crippen LogP contribution in [0.4, 0.5) is 5.69 Å². The third kappa shape index (κ3) is 5.66. The maximum Gasteiger partial charge on any atom is 0.101 e. The van der Waals surface area contributed by atoms with Crippen LogP contribution in [-0.4, -0.2) is 51.0 Å². The highest BCUT2D eigenvalue weighted by atomic mass is 15.3. The van der Waals surface area contributed by atoms with Crippen LogP contribution in [0.2, 0.25) is 6.32 Å². The lowest BCUT2D eigenvalue weighted by molar-refractivity contribution is 0.226. The van der Waals surface area contributed by atoms with Gasteiger partial charge in [-0.3, -0.25) is 4.90 Å². The number of nitrogens with two attached hydrogens (primary N) is 1. The van der Waals surface area contributed by atoms with Crippen LogP contribution in [0.1, 0.15) is 32.6 Å². The van der Waals surface area contributed by atoms with E-state index in [2.05, 4.69) is 54.9 Å². The van der Waals surface area contributed by atoms with Crippen LogP contribution in [0, 0.1) is 0 Å². The standard InChI is InChI=1S/C18H32BN3/c1-18(20,9-5-6-11-19)10-12-21-13-15-22(16-14-21)17-7-3-2-4-8-17/h2-4,7-8H,5-6,9-16,19-20H2,1H3. The highest BCUT2D eigenvalue weighted by molar-refractivity contribution is 6.08. The predicted molar refractivity (Wildman–Crippen MR) is 99.5 cm³/mol. The van der Waals surface area contributed by atoms with E-state index in [1.807, 2.05) is 0 Å². The average molecular weight is 301 g/mol. The van der Waals surface area contributed by atoms with Crippen molar-refractivity contribution in [2.45, 2.75) is 44.5 Å². The first-order chi connectivity index (χ1) is 10.6.